The second-order valence-electron chi connectivity index (χ2n) is 7.92. The van der Waals surface area contributed by atoms with Crippen LogP contribution >= 0.6 is 0 Å². The molecule has 2 aliphatic rings. The summed E-state index contributed by atoms with van der Waals surface area (Å²) in [6.45, 7) is 10.00. The SMILES string of the molecule is CC.COc1ccccc1N1CCN(CCCCOc2ccc3c(c2)NC(=O)CC3)CC1. The first-order valence-corrected chi connectivity index (χ1v) is 11.9. The molecule has 6 heteroatoms. The third-order valence-electron chi connectivity index (χ3n) is 5.91. The van der Waals surface area contributed by atoms with Gasteiger partial charge in [0.15, 0.2) is 0 Å². The van der Waals surface area contributed by atoms with Gasteiger partial charge in [0, 0.05) is 44.4 Å². The van der Waals surface area contributed by atoms with Crippen LogP contribution in [0.4, 0.5) is 11.4 Å². The van der Waals surface area contributed by atoms with Gasteiger partial charge in [-0.1, -0.05) is 32.0 Å². The molecule has 0 radical (unpaired) electrons. The average molecular weight is 440 g/mol. The van der Waals surface area contributed by atoms with Gasteiger partial charge < -0.3 is 19.7 Å². The fraction of sp³-hybridized carbons (Fsp3) is 0.500. The maximum absolute atomic E-state index is 11.6. The van der Waals surface area contributed by atoms with Crippen molar-refractivity contribution in [3.63, 3.8) is 0 Å². The molecule has 0 unspecified atom stereocenters. The number of hydrogen-bond acceptors (Lipinski definition) is 5. The molecule has 6 nitrogen and oxygen atoms in total. The number of aryl methyl sites for hydroxylation is 1. The van der Waals surface area contributed by atoms with Crippen LogP contribution in [0.15, 0.2) is 42.5 Å². The Morgan fingerprint density at radius 2 is 1.75 bits per heavy atom. The number of rotatable bonds is 8. The summed E-state index contributed by atoms with van der Waals surface area (Å²) >= 11 is 0. The Bertz CT molecular complexity index is 863. The summed E-state index contributed by atoms with van der Waals surface area (Å²) in [5.41, 5.74) is 3.28. The number of nitrogens with one attached hydrogen (secondary N) is 1. The average Bonchev–Trinajstić information content (AvgIpc) is 2.85. The number of amides is 1. The number of nitrogens with zero attached hydrogens (tertiary/aromatic N) is 2. The molecule has 174 valence electrons. The molecule has 2 aromatic carbocycles. The van der Waals surface area contributed by atoms with Gasteiger partial charge in [-0.25, -0.2) is 0 Å². The molecule has 0 saturated carbocycles. The van der Waals surface area contributed by atoms with Crippen LogP contribution in [0.3, 0.4) is 0 Å². The molecule has 2 heterocycles. The van der Waals surface area contributed by atoms with Gasteiger partial charge in [-0.15, -0.1) is 0 Å². The molecule has 1 fully saturated rings. The van der Waals surface area contributed by atoms with Crippen molar-refractivity contribution in [1.82, 2.24) is 4.90 Å². The van der Waals surface area contributed by atoms with Gasteiger partial charge in [0.2, 0.25) is 5.91 Å². The molecule has 2 aliphatic heterocycles. The van der Waals surface area contributed by atoms with E-state index in [0.717, 1.165) is 69.2 Å². The first-order chi connectivity index (χ1) is 15.7. The number of methoxy groups -OCH3 is 1. The maximum atomic E-state index is 11.6. The van der Waals surface area contributed by atoms with E-state index in [1.165, 1.54) is 11.3 Å². The Balaban J connectivity index is 0.00000141. The number of piperazine rings is 1. The highest BCUT2D eigenvalue weighted by Gasteiger charge is 2.19. The van der Waals surface area contributed by atoms with Crippen molar-refractivity contribution in [2.45, 2.75) is 39.5 Å². The van der Waals surface area contributed by atoms with Crippen LogP contribution in [-0.2, 0) is 11.2 Å². The van der Waals surface area contributed by atoms with Crippen molar-refractivity contribution in [3.8, 4) is 11.5 Å². The van der Waals surface area contributed by atoms with Crippen molar-refractivity contribution in [3.05, 3.63) is 48.0 Å². The maximum Gasteiger partial charge on any atom is 0.224 e. The second kappa shape index (κ2) is 12.3. The molecule has 4 rings (SSSR count). The largest absolute Gasteiger partial charge is 0.495 e. The van der Waals surface area contributed by atoms with Crippen LogP contribution in [-0.4, -0.2) is 57.2 Å². The number of ether oxygens (including phenoxy) is 2. The lowest BCUT2D eigenvalue weighted by molar-refractivity contribution is -0.116. The molecule has 2 aromatic rings. The monoisotopic (exact) mass is 439 g/mol. The van der Waals surface area contributed by atoms with Gasteiger partial charge in [-0.2, -0.15) is 0 Å². The highest BCUT2D eigenvalue weighted by atomic mass is 16.5. The number of benzene rings is 2. The van der Waals surface area contributed by atoms with E-state index in [0.29, 0.717) is 13.0 Å². The Morgan fingerprint density at radius 3 is 2.53 bits per heavy atom. The Labute approximate surface area is 192 Å². The van der Waals surface area contributed by atoms with E-state index in [-0.39, 0.29) is 5.91 Å². The predicted octanol–water partition coefficient (Wildman–Crippen LogP) is 4.59. The number of para-hydroxylation sites is 2. The molecule has 1 amide bonds. The summed E-state index contributed by atoms with van der Waals surface area (Å²) in [6, 6.07) is 14.3. The van der Waals surface area contributed by atoms with Crippen molar-refractivity contribution in [2.24, 2.45) is 0 Å². The zero-order chi connectivity index (χ0) is 22.8. The second-order valence-corrected chi connectivity index (χ2v) is 7.92. The molecule has 0 aromatic heterocycles. The summed E-state index contributed by atoms with van der Waals surface area (Å²) in [6.07, 6.45) is 3.53. The van der Waals surface area contributed by atoms with E-state index in [1.54, 1.807) is 7.11 Å². The van der Waals surface area contributed by atoms with E-state index < -0.39 is 0 Å². The first-order valence-electron chi connectivity index (χ1n) is 11.9. The zero-order valence-electron chi connectivity index (χ0n) is 19.7. The predicted molar refractivity (Wildman–Crippen MR) is 131 cm³/mol. The number of hydrogen-bond donors (Lipinski definition) is 1. The minimum atomic E-state index is 0.0884. The number of anilines is 2. The molecular weight excluding hydrogens is 402 g/mol. The minimum Gasteiger partial charge on any atom is -0.495 e. The Hall–Kier alpha value is -2.73. The van der Waals surface area contributed by atoms with Crippen LogP contribution in [0.2, 0.25) is 0 Å². The minimum absolute atomic E-state index is 0.0884. The Morgan fingerprint density at radius 1 is 0.969 bits per heavy atom. The van der Waals surface area contributed by atoms with Gasteiger partial charge in [0.25, 0.3) is 0 Å². The third-order valence-corrected chi connectivity index (χ3v) is 5.91. The number of unbranched alkanes of at least 4 members (excludes halogenated alkanes) is 1. The quantitative estimate of drug-likeness (QED) is 0.610. The molecule has 1 N–H and O–H groups in total. The van der Waals surface area contributed by atoms with E-state index in [9.17, 15) is 4.79 Å². The standard InChI is InChI=1S/C24H31N3O3.C2H6/c1-29-23-7-3-2-6-22(23)27-15-13-26(14-16-27)12-4-5-17-30-20-10-8-19-9-11-24(28)25-21(19)18-20;1-2/h2-3,6-8,10,18H,4-5,9,11-17H2,1H3,(H,25,28);1-2H3. The normalized spacial score (nSPS) is 15.8. The highest BCUT2D eigenvalue weighted by Crippen LogP contribution is 2.29. The molecule has 1 saturated heterocycles. The molecule has 0 spiro atoms. The molecule has 0 aliphatic carbocycles. The first kappa shape index (κ1) is 23.9. The summed E-state index contributed by atoms with van der Waals surface area (Å²) < 4.78 is 11.4. The fourth-order valence-corrected chi connectivity index (χ4v) is 4.17. The van der Waals surface area contributed by atoms with Gasteiger partial charge in [0.1, 0.15) is 11.5 Å². The summed E-state index contributed by atoms with van der Waals surface area (Å²) in [5.74, 6) is 1.87. The van der Waals surface area contributed by atoms with Crippen LogP contribution in [0.5, 0.6) is 11.5 Å². The van der Waals surface area contributed by atoms with Gasteiger partial charge >= 0.3 is 0 Å². The van der Waals surface area contributed by atoms with Crippen LogP contribution in [0.1, 0.15) is 38.7 Å². The topological polar surface area (TPSA) is 54.0 Å². The van der Waals surface area contributed by atoms with Gasteiger partial charge in [0.05, 0.1) is 19.4 Å². The smallest absolute Gasteiger partial charge is 0.224 e. The number of fused-ring (bicyclic) bond motifs is 1. The molecular formula is C26H37N3O3. The highest BCUT2D eigenvalue weighted by molar-refractivity contribution is 5.94. The fourth-order valence-electron chi connectivity index (χ4n) is 4.17. The lowest BCUT2D eigenvalue weighted by Crippen LogP contribution is -2.46. The van der Waals surface area contributed by atoms with Crippen molar-refractivity contribution in [1.29, 1.82) is 0 Å². The van der Waals surface area contributed by atoms with E-state index in [1.807, 2.05) is 38.1 Å². The lowest BCUT2D eigenvalue weighted by atomic mass is 10.0. The van der Waals surface area contributed by atoms with Crippen molar-refractivity contribution < 1.29 is 14.3 Å². The van der Waals surface area contributed by atoms with Crippen molar-refractivity contribution in [2.75, 3.05) is 56.7 Å². The van der Waals surface area contributed by atoms with Crippen LogP contribution in [0.25, 0.3) is 0 Å². The molecule has 0 bridgehead atoms. The lowest BCUT2D eigenvalue weighted by Gasteiger charge is -2.36. The third kappa shape index (κ3) is 6.39. The molecule has 32 heavy (non-hydrogen) atoms. The Kier molecular flexibility index (Phi) is 9.23. The van der Waals surface area contributed by atoms with Crippen LogP contribution in [0, 0.1) is 0 Å². The summed E-state index contributed by atoms with van der Waals surface area (Å²) in [5, 5.41) is 2.93. The van der Waals surface area contributed by atoms with E-state index in [4.69, 9.17) is 9.47 Å². The molecule has 0 atom stereocenters. The summed E-state index contributed by atoms with van der Waals surface area (Å²) in [7, 11) is 1.73. The van der Waals surface area contributed by atoms with E-state index >= 15 is 0 Å². The van der Waals surface area contributed by atoms with Crippen molar-refractivity contribution >= 4 is 17.3 Å². The number of carbonyl (C=O) groups is 1. The van der Waals surface area contributed by atoms with Crippen LogP contribution < -0.4 is 19.7 Å². The summed E-state index contributed by atoms with van der Waals surface area (Å²) in [4.78, 5) is 16.5. The van der Waals surface area contributed by atoms with Gasteiger partial charge in [-0.05, 0) is 49.6 Å². The van der Waals surface area contributed by atoms with E-state index in [2.05, 4.69) is 33.3 Å². The number of carbonyl (C=O) groups excluding carboxylic acids is 1. The van der Waals surface area contributed by atoms with Gasteiger partial charge in [-0.3, -0.25) is 9.69 Å². The zero-order valence-corrected chi connectivity index (χ0v) is 19.7.